The molecule has 0 aliphatic carbocycles. The van der Waals surface area contributed by atoms with Gasteiger partial charge in [-0.15, -0.1) is 11.3 Å². The van der Waals surface area contributed by atoms with E-state index in [0.29, 0.717) is 27.8 Å². The molecule has 1 aliphatic rings. The molecule has 0 radical (unpaired) electrons. The lowest BCUT2D eigenvalue weighted by molar-refractivity contribution is -0.122. The zero-order valence-corrected chi connectivity index (χ0v) is 16.6. The van der Waals surface area contributed by atoms with Gasteiger partial charge in [-0.2, -0.15) is 0 Å². The highest BCUT2D eigenvalue weighted by Crippen LogP contribution is 2.35. The van der Waals surface area contributed by atoms with Gasteiger partial charge in [0.1, 0.15) is 5.75 Å². The van der Waals surface area contributed by atoms with Crippen LogP contribution in [0.3, 0.4) is 0 Å². The number of nitrogens with one attached hydrogen (secondary N) is 2. The summed E-state index contributed by atoms with van der Waals surface area (Å²) in [5.74, 6) is 0.230. The van der Waals surface area contributed by atoms with Gasteiger partial charge in [0.25, 0.3) is 11.8 Å². The van der Waals surface area contributed by atoms with Gasteiger partial charge in [0.2, 0.25) is 0 Å². The van der Waals surface area contributed by atoms with E-state index in [4.69, 9.17) is 4.74 Å². The second-order valence-corrected chi connectivity index (χ2v) is 7.73. The Morgan fingerprint density at radius 3 is 2.81 bits per heavy atom. The third-order valence-corrected chi connectivity index (χ3v) is 5.32. The van der Waals surface area contributed by atoms with Crippen LogP contribution < -0.4 is 15.4 Å². The Labute approximate surface area is 167 Å². The number of fused-ring (bicyclic) bond motifs is 1. The second-order valence-electron chi connectivity index (χ2n) is 5.96. The molecule has 1 aliphatic heterocycles. The summed E-state index contributed by atoms with van der Waals surface area (Å²) in [6.45, 7) is 1.70. The minimum absolute atomic E-state index is 0.180. The molecule has 4 rings (SSSR count). The normalized spacial score (nSPS) is 15.5. The van der Waals surface area contributed by atoms with Crippen LogP contribution in [0.2, 0.25) is 0 Å². The standard InChI is InChI=1S/C19H14BrN3O3S/c1-10-17(24)21-14-8-12(4-7-16(14)26-10)15-9-27-19(22-15)23-18(25)11-2-5-13(20)6-3-11/h2-10H,1H3,(H,21,24)(H,22,23,25)/t10-/m1/s1. The zero-order valence-electron chi connectivity index (χ0n) is 14.2. The fourth-order valence-electron chi connectivity index (χ4n) is 2.60. The van der Waals surface area contributed by atoms with Crippen LogP contribution in [0.25, 0.3) is 11.3 Å². The number of rotatable bonds is 3. The van der Waals surface area contributed by atoms with Crippen LogP contribution in [-0.4, -0.2) is 22.9 Å². The summed E-state index contributed by atoms with van der Waals surface area (Å²) in [6.07, 6.45) is -0.511. The number of benzene rings is 2. The molecule has 0 spiro atoms. The highest BCUT2D eigenvalue weighted by molar-refractivity contribution is 9.10. The molecule has 8 heteroatoms. The highest BCUT2D eigenvalue weighted by atomic mass is 79.9. The van der Waals surface area contributed by atoms with E-state index >= 15 is 0 Å². The minimum Gasteiger partial charge on any atom is -0.479 e. The van der Waals surface area contributed by atoms with Crippen molar-refractivity contribution in [1.29, 1.82) is 0 Å². The van der Waals surface area contributed by atoms with E-state index in [1.54, 1.807) is 25.1 Å². The lowest BCUT2D eigenvalue weighted by atomic mass is 10.1. The van der Waals surface area contributed by atoms with E-state index in [0.717, 1.165) is 10.0 Å². The third-order valence-electron chi connectivity index (χ3n) is 4.04. The van der Waals surface area contributed by atoms with Crippen molar-refractivity contribution >= 4 is 49.9 Å². The van der Waals surface area contributed by atoms with Crippen molar-refractivity contribution < 1.29 is 14.3 Å². The first-order valence-electron chi connectivity index (χ1n) is 8.14. The highest BCUT2D eigenvalue weighted by Gasteiger charge is 2.24. The maximum Gasteiger partial charge on any atom is 0.265 e. The molecule has 0 fully saturated rings. The molecule has 2 N–H and O–H groups in total. The average molecular weight is 444 g/mol. The number of ether oxygens (including phenoxy) is 1. The topological polar surface area (TPSA) is 80.3 Å². The van der Waals surface area contributed by atoms with Crippen LogP contribution in [0.5, 0.6) is 5.75 Å². The van der Waals surface area contributed by atoms with Gasteiger partial charge in [-0.05, 0) is 49.4 Å². The van der Waals surface area contributed by atoms with E-state index in [2.05, 4.69) is 31.5 Å². The van der Waals surface area contributed by atoms with Crippen LogP contribution in [0.15, 0.2) is 52.3 Å². The van der Waals surface area contributed by atoms with Gasteiger partial charge in [0.05, 0.1) is 11.4 Å². The van der Waals surface area contributed by atoms with Crippen molar-refractivity contribution in [2.24, 2.45) is 0 Å². The lowest BCUT2D eigenvalue weighted by Crippen LogP contribution is -2.34. The summed E-state index contributed by atoms with van der Waals surface area (Å²) in [7, 11) is 0. The monoisotopic (exact) mass is 443 g/mol. The molecule has 0 saturated carbocycles. The molecule has 2 amide bonds. The number of nitrogens with zero attached hydrogens (tertiary/aromatic N) is 1. The van der Waals surface area contributed by atoms with Crippen molar-refractivity contribution in [2.75, 3.05) is 10.6 Å². The molecule has 3 aromatic rings. The van der Waals surface area contributed by atoms with Crippen molar-refractivity contribution in [2.45, 2.75) is 13.0 Å². The molecule has 27 heavy (non-hydrogen) atoms. The number of halogens is 1. The molecule has 0 unspecified atom stereocenters. The van der Waals surface area contributed by atoms with Gasteiger partial charge in [0.15, 0.2) is 11.2 Å². The molecule has 1 aromatic heterocycles. The second kappa shape index (κ2) is 7.13. The molecule has 0 saturated heterocycles. The van der Waals surface area contributed by atoms with Gasteiger partial charge in [-0.1, -0.05) is 15.9 Å². The summed E-state index contributed by atoms with van der Waals surface area (Å²) in [5.41, 5.74) is 2.70. The van der Waals surface area contributed by atoms with Gasteiger partial charge >= 0.3 is 0 Å². The first kappa shape index (κ1) is 17.7. The molecule has 0 bridgehead atoms. The largest absolute Gasteiger partial charge is 0.479 e. The van der Waals surface area contributed by atoms with Crippen molar-refractivity contribution in [3.8, 4) is 17.0 Å². The van der Waals surface area contributed by atoms with Gasteiger partial charge < -0.3 is 10.1 Å². The predicted molar refractivity (Wildman–Crippen MR) is 108 cm³/mol. The summed E-state index contributed by atoms with van der Waals surface area (Å²) in [6, 6.07) is 12.6. The van der Waals surface area contributed by atoms with E-state index in [9.17, 15) is 9.59 Å². The van der Waals surface area contributed by atoms with Crippen LogP contribution in [-0.2, 0) is 4.79 Å². The fraction of sp³-hybridized carbons (Fsp3) is 0.105. The number of aromatic nitrogens is 1. The number of carbonyl (C=O) groups excluding carboxylic acids is 2. The van der Waals surface area contributed by atoms with Crippen LogP contribution in [0, 0.1) is 0 Å². The summed E-state index contributed by atoms with van der Waals surface area (Å²) < 4.78 is 6.47. The van der Waals surface area contributed by atoms with E-state index in [1.165, 1.54) is 11.3 Å². The Balaban J connectivity index is 1.53. The quantitative estimate of drug-likeness (QED) is 0.622. The van der Waals surface area contributed by atoms with Gasteiger partial charge in [-0.25, -0.2) is 4.98 Å². The molecule has 2 aromatic carbocycles. The van der Waals surface area contributed by atoms with Crippen LogP contribution >= 0.6 is 27.3 Å². The van der Waals surface area contributed by atoms with E-state index in [-0.39, 0.29) is 11.8 Å². The third kappa shape index (κ3) is 3.72. The van der Waals surface area contributed by atoms with Gasteiger partial charge in [-0.3, -0.25) is 14.9 Å². The first-order chi connectivity index (χ1) is 13.0. The van der Waals surface area contributed by atoms with Gasteiger partial charge in [0, 0.05) is 21.0 Å². The number of thiazole rings is 1. The zero-order chi connectivity index (χ0) is 19.0. The maximum atomic E-state index is 12.3. The minimum atomic E-state index is -0.511. The van der Waals surface area contributed by atoms with Crippen molar-refractivity contribution in [1.82, 2.24) is 4.98 Å². The Morgan fingerprint density at radius 2 is 2.04 bits per heavy atom. The molecular weight excluding hydrogens is 430 g/mol. The van der Waals surface area contributed by atoms with Crippen molar-refractivity contribution in [3.05, 3.63) is 57.9 Å². The number of anilines is 2. The fourth-order valence-corrected chi connectivity index (χ4v) is 3.58. The lowest BCUT2D eigenvalue weighted by Gasteiger charge is -2.23. The first-order valence-corrected chi connectivity index (χ1v) is 9.81. The van der Waals surface area contributed by atoms with Crippen LogP contribution in [0.1, 0.15) is 17.3 Å². The Morgan fingerprint density at radius 1 is 1.26 bits per heavy atom. The van der Waals surface area contributed by atoms with E-state index in [1.807, 2.05) is 29.6 Å². The molecule has 6 nitrogen and oxygen atoms in total. The molecule has 136 valence electrons. The molecule has 2 heterocycles. The summed E-state index contributed by atoms with van der Waals surface area (Å²) in [4.78, 5) is 28.6. The number of carbonyl (C=O) groups is 2. The average Bonchev–Trinajstić information content (AvgIpc) is 3.11. The number of hydrogen-bond donors (Lipinski definition) is 2. The summed E-state index contributed by atoms with van der Waals surface area (Å²) in [5, 5.41) is 7.98. The summed E-state index contributed by atoms with van der Waals surface area (Å²) >= 11 is 4.68. The Kier molecular flexibility index (Phi) is 4.67. The number of hydrogen-bond acceptors (Lipinski definition) is 5. The van der Waals surface area contributed by atoms with Crippen molar-refractivity contribution in [3.63, 3.8) is 0 Å². The Bertz CT molecular complexity index is 1030. The SMILES string of the molecule is C[C@H]1Oc2ccc(-c3csc(NC(=O)c4ccc(Br)cc4)n3)cc2NC1=O. The van der Waals surface area contributed by atoms with Crippen LogP contribution in [0.4, 0.5) is 10.8 Å². The Hall–Kier alpha value is -2.71. The van der Waals surface area contributed by atoms with E-state index < -0.39 is 6.10 Å². The molecule has 1 atom stereocenters. The predicted octanol–water partition coefficient (Wildman–Crippen LogP) is 4.54. The number of amides is 2. The smallest absolute Gasteiger partial charge is 0.265 e. The maximum absolute atomic E-state index is 12.3. The molecular formula is C19H14BrN3O3S.